The van der Waals surface area contributed by atoms with Crippen LogP contribution in [0.1, 0.15) is 51.6 Å². The second-order valence-corrected chi connectivity index (χ2v) is 9.01. The molecule has 3 aromatic rings. The van der Waals surface area contributed by atoms with Crippen LogP contribution in [0, 0.1) is 5.92 Å². The molecule has 1 fully saturated rings. The summed E-state index contributed by atoms with van der Waals surface area (Å²) in [5, 5.41) is 5.28. The molecule has 0 saturated carbocycles. The summed E-state index contributed by atoms with van der Waals surface area (Å²) in [6, 6.07) is 22.6. The third kappa shape index (κ3) is 5.07. The van der Waals surface area contributed by atoms with Gasteiger partial charge in [-0.2, -0.15) is 0 Å². The molecule has 1 saturated heterocycles. The summed E-state index contributed by atoms with van der Waals surface area (Å²) >= 11 is 0. The molecule has 3 atom stereocenters. The van der Waals surface area contributed by atoms with E-state index in [1.165, 1.54) is 18.5 Å². The molecule has 1 aliphatic rings. The number of nitrogens with one attached hydrogen (secondary N) is 1. The van der Waals surface area contributed by atoms with Crippen LogP contribution in [0.15, 0.2) is 66.7 Å². The molecular formula is C28H34N2O2. The molecule has 0 aliphatic carbocycles. The highest BCUT2D eigenvalue weighted by atomic mass is 16.5. The molecular weight excluding hydrogens is 396 g/mol. The van der Waals surface area contributed by atoms with Gasteiger partial charge in [-0.3, -0.25) is 4.79 Å². The van der Waals surface area contributed by atoms with Crippen molar-refractivity contribution >= 4 is 22.4 Å². The molecule has 0 radical (unpaired) electrons. The average molecular weight is 431 g/mol. The number of hydrogen-bond acceptors (Lipinski definition) is 3. The Morgan fingerprint density at radius 1 is 1.09 bits per heavy atom. The predicted octanol–water partition coefficient (Wildman–Crippen LogP) is 6.11. The highest BCUT2D eigenvalue weighted by molar-refractivity contribution is 5.89. The standard InChI is InChI=1S/C28H34N2O2/c1-4-26(32-27-13-7-11-23-10-5-6-12-25(23)27)28(31)29-21(3)22-14-16-24(17-15-22)30-18-8-9-20(2)19-30/h5-7,10-17,20-21,26H,4,8-9,18-19H2,1-3H3,(H,29,31)/t20-,21-,26-/m1/s1. The summed E-state index contributed by atoms with van der Waals surface area (Å²) in [4.78, 5) is 15.5. The lowest BCUT2D eigenvalue weighted by atomic mass is 9.99. The third-order valence-corrected chi connectivity index (χ3v) is 6.46. The lowest BCUT2D eigenvalue weighted by Crippen LogP contribution is -2.39. The van der Waals surface area contributed by atoms with E-state index in [9.17, 15) is 4.79 Å². The molecule has 0 aromatic heterocycles. The first-order valence-corrected chi connectivity index (χ1v) is 11.8. The van der Waals surface area contributed by atoms with Gasteiger partial charge in [-0.1, -0.05) is 62.4 Å². The first-order chi connectivity index (χ1) is 15.5. The number of carbonyl (C=O) groups is 1. The molecule has 32 heavy (non-hydrogen) atoms. The zero-order chi connectivity index (χ0) is 22.5. The molecule has 1 aliphatic heterocycles. The van der Waals surface area contributed by atoms with E-state index in [-0.39, 0.29) is 11.9 Å². The van der Waals surface area contributed by atoms with E-state index in [0.717, 1.165) is 41.1 Å². The van der Waals surface area contributed by atoms with Crippen LogP contribution in [0.4, 0.5) is 5.69 Å². The minimum atomic E-state index is -0.530. The Bertz CT molecular complexity index is 1040. The van der Waals surface area contributed by atoms with Crippen LogP contribution in [-0.2, 0) is 4.79 Å². The first kappa shape index (κ1) is 22.2. The lowest BCUT2D eigenvalue weighted by molar-refractivity contribution is -0.128. The number of anilines is 1. The number of ether oxygens (including phenoxy) is 1. The summed E-state index contributed by atoms with van der Waals surface area (Å²) < 4.78 is 6.17. The van der Waals surface area contributed by atoms with Crippen LogP contribution in [0.2, 0.25) is 0 Å². The van der Waals surface area contributed by atoms with Crippen molar-refractivity contribution in [2.75, 3.05) is 18.0 Å². The highest BCUT2D eigenvalue weighted by Crippen LogP contribution is 2.27. The van der Waals surface area contributed by atoms with Crippen molar-refractivity contribution in [2.24, 2.45) is 5.92 Å². The normalized spacial score (nSPS) is 18.2. The van der Waals surface area contributed by atoms with E-state index < -0.39 is 6.10 Å². The minimum Gasteiger partial charge on any atom is -0.480 e. The number of carbonyl (C=O) groups excluding carboxylic acids is 1. The van der Waals surface area contributed by atoms with Crippen molar-refractivity contribution in [3.63, 3.8) is 0 Å². The molecule has 1 N–H and O–H groups in total. The highest BCUT2D eigenvalue weighted by Gasteiger charge is 2.22. The Morgan fingerprint density at radius 2 is 1.84 bits per heavy atom. The Kier molecular flexibility index (Phi) is 6.99. The van der Waals surface area contributed by atoms with Crippen LogP contribution in [0.25, 0.3) is 10.8 Å². The Balaban J connectivity index is 1.40. The largest absolute Gasteiger partial charge is 0.480 e. The van der Waals surface area contributed by atoms with Gasteiger partial charge in [0.1, 0.15) is 5.75 Å². The summed E-state index contributed by atoms with van der Waals surface area (Å²) in [6.45, 7) is 8.58. The second kappa shape index (κ2) is 10.1. The SMILES string of the molecule is CC[C@@H](Oc1cccc2ccccc12)C(=O)N[C@H](C)c1ccc(N2CCC[C@@H](C)C2)cc1. The monoisotopic (exact) mass is 430 g/mol. The van der Waals surface area contributed by atoms with Gasteiger partial charge in [0.25, 0.3) is 5.91 Å². The molecule has 4 heteroatoms. The number of rotatable bonds is 7. The quantitative estimate of drug-likeness (QED) is 0.492. The van der Waals surface area contributed by atoms with Gasteiger partial charge in [0.15, 0.2) is 6.10 Å². The van der Waals surface area contributed by atoms with Crippen LogP contribution in [0.5, 0.6) is 5.75 Å². The van der Waals surface area contributed by atoms with E-state index >= 15 is 0 Å². The molecule has 0 bridgehead atoms. The Labute approximate surface area is 191 Å². The molecule has 168 valence electrons. The molecule has 1 amide bonds. The number of nitrogens with zero attached hydrogens (tertiary/aromatic N) is 1. The second-order valence-electron chi connectivity index (χ2n) is 9.01. The summed E-state index contributed by atoms with van der Waals surface area (Å²) in [7, 11) is 0. The van der Waals surface area contributed by atoms with Gasteiger partial charge in [-0.25, -0.2) is 0 Å². The number of amides is 1. The van der Waals surface area contributed by atoms with E-state index in [1.807, 2.05) is 44.2 Å². The summed E-state index contributed by atoms with van der Waals surface area (Å²) in [5.41, 5.74) is 2.37. The van der Waals surface area contributed by atoms with Crippen molar-refractivity contribution < 1.29 is 9.53 Å². The summed E-state index contributed by atoms with van der Waals surface area (Å²) in [5.74, 6) is 1.41. The van der Waals surface area contributed by atoms with E-state index in [0.29, 0.717) is 6.42 Å². The van der Waals surface area contributed by atoms with Crippen LogP contribution < -0.4 is 15.0 Å². The van der Waals surface area contributed by atoms with Crippen molar-refractivity contribution in [2.45, 2.75) is 52.2 Å². The smallest absolute Gasteiger partial charge is 0.261 e. The van der Waals surface area contributed by atoms with Gasteiger partial charge in [0, 0.05) is 24.2 Å². The topological polar surface area (TPSA) is 41.6 Å². The van der Waals surface area contributed by atoms with E-state index in [4.69, 9.17) is 4.74 Å². The van der Waals surface area contributed by atoms with Crippen molar-refractivity contribution in [3.8, 4) is 5.75 Å². The minimum absolute atomic E-state index is 0.0815. The third-order valence-electron chi connectivity index (χ3n) is 6.46. The maximum Gasteiger partial charge on any atom is 0.261 e. The van der Waals surface area contributed by atoms with Gasteiger partial charge < -0.3 is 15.0 Å². The Hall–Kier alpha value is -3.01. The van der Waals surface area contributed by atoms with Crippen LogP contribution >= 0.6 is 0 Å². The Morgan fingerprint density at radius 3 is 2.59 bits per heavy atom. The first-order valence-electron chi connectivity index (χ1n) is 11.8. The van der Waals surface area contributed by atoms with E-state index in [1.54, 1.807) is 0 Å². The molecule has 4 rings (SSSR count). The summed E-state index contributed by atoms with van der Waals surface area (Å²) in [6.07, 6.45) is 2.65. The maximum atomic E-state index is 13.0. The van der Waals surface area contributed by atoms with Crippen molar-refractivity contribution in [1.82, 2.24) is 5.32 Å². The van der Waals surface area contributed by atoms with E-state index in [2.05, 4.69) is 53.5 Å². The zero-order valence-corrected chi connectivity index (χ0v) is 19.4. The fourth-order valence-electron chi connectivity index (χ4n) is 4.56. The number of hydrogen-bond donors (Lipinski definition) is 1. The number of fused-ring (bicyclic) bond motifs is 1. The van der Waals surface area contributed by atoms with Gasteiger partial charge in [0.2, 0.25) is 0 Å². The predicted molar refractivity (Wildman–Crippen MR) is 132 cm³/mol. The number of benzene rings is 3. The van der Waals surface area contributed by atoms with Gasteiger partial charge >= 0.3 is 0 Å². The van der Waals surface area contributed by atoms with Gasteiger partial charge in [-0.15, -0.1) is 0 Å². The molecule has 1 heterocycles. The fraction of sp³-hybridized carbons (Fsp3) is 0.393. The van der Waals surface area contributed by atoms with Crippen molar-refractivity contribution in [1.29, 1.82) is 0 Å². The molecule has 0 spiro atoms. The van der Waals surface area contributed by atoms with Crippen LogP contribution in [0.3, 0.4) is 0 Å². The average Bonchev–Trinajstić information content (AvgIpc) is 2.82. The van der Waals surface area contributed by atoms with Crippen LogP contribution in [-0.4, -0.2) is 25.1 Å². The van der Waals surface area contributed by atoms with Gasteiger partial charge in [-0.05, 0) is 61.3 Å². The fourth-order valence-corrected chi connectivity index (χ4v) is 4.56. The lowest BCUT2D eigenvalue weighted by Gasteiger charge is -2.33. The molecule has 3 aromatic carbocycles. The number of piperidine rings is 1. The maximum absolute atomic E-state index is 13.0. The van der Waals surface area contributed by atoms with Crippen molar-refractivity contribution in [3.05, 3.63) is 72.3 Å². The zero-order valence-electron chi connectivity index (χ0n) is 19.4. The molecule has 0 unspecified atom stereocenters. The van der Waals surface area contributed by atoms with Gasteiger partial charge in [0.05, 0.1) is 6.04 Å². The molecule has 4 nitrogen and oxygen atoms in total.